The number of aliphatic hydroxyl groups excluding tert-OH is 1. The van der Waals surface area contributed by atoms with Crippen molar-refractivity contribution in [1.82, 2.24) is 15.5 Å². The lowest BCUT2D eigenvalue weighted by Gasteiger charge is -2.39. The third-order valence-electron chi connectivity index (χ3n) is 9.46. The normalized spacial score (nSPS) is 46.6. The number of ether oxygens (including phenoxy) is 4. The van der Waals surface area contributed by atoms with E-state index in [2.05, 4.69) is 41.5 Å². The van der Waals surface area contributed by atoms with E-state index in [1.54, 1.807) is 0 Å². The average molecular weight is 582 g/mol. The van der Waals surface area contributed by atoms with E-state index < -0.39 is 41.6 Å². The molecule has 6 rings (SSSR count). The average Bonchev–Trinajstić information content (AvgIpc) is 3.55. The fraction of sp³-hybridized carbons (Fsp3) is 0.897. The summed E-state index contributed by atoms with van der Waals surface area (Å²) in [6.07, 6.45) is 5.61. The first-order valence-electron chi connectivity index (χ1n) is 15.3. The van der Waals surface area contributed by atoms with Crippen LogP contribution in [0.4, 0.5) is 0 Å². The molecule has 6 aliphatic heterocycles. The lowest BCUT2D eigenvalue weighted by molar-refractivity contribution is -0.151. The minimum absolute atomic E-state index is 0.118. The fourth-order valence-electron chi connectivity index (χ4n) is 7.39. The van der Waals surface area contributed by atoms with Gasteiger partial charge >= 0.3 is 0 Å². The highest BCUT2D eigenvalue weighted by Crippen LogP contribution is 2.51. The molecule has 10 nitrogen and oxygen atoms in total. The van der Waals surface area contributed by atoms with E-state index in [-0.39, 0.29) is 17.9 Å². The Labute approximate surface area is 241 Å². The number of amides is 1. The molecule has 0 saturated carbocycles. The lowest BCUT2D eigenvalue weighted by Crippen LogP contribution is -2.60. The van der Waals surface area contributed by atoms with E-state index >= 15 is 0 Å². The molecular formula is C29H47N3O7S. The molecule has 0 spiro atoms. The maximum absolute atomic E-state index is 13.7. The molecule has 5 saturated heterocycles. The van der Waals surface area contributed by atoms with Crippen molar-refractivity contribution in [2.24, 2.45) is 23.7 Å². The molecule has 0 aromatic rings. The van der Waals surface area contributed by atoms with Crippen molar-refractivity contribution >= 4 is 17.7 Å². The molecule has 6 unspecified atom stereocenters. The number of hydrogen-bond acceptors (Lipinski definition) is 10. The Hall–Kier alpha value is -0.760. The summed E-state index contributed by atoms with van der Waals surface area (Å²) in [7, 11) is 0. The monoisotopic (exact) mass is 581 g/mol. The molecule has 6 aliphatic rings. The highest BCUT2D eigenvalue weighted by molar-refractivity contribution is 7.99. The number of nitrogens with zero attached hydrogens (tertiary/aromatic N) is 1. The van der Waals surface area contributed by atoms with Gasteiger partial charge in [-0.15, -0.1) is 11.8 Å². The Balaban J connectivity index is 1.15. The van der Waals surface area contributed by atoms with Crippen LogP contribution in [0.2, 0.25) is 0 Å². The Bertz CT molecular complexity index is 920. The van der Waals surface area contributed by atoms with E-state index in [1.165, 1.54) is 18.2 Å². The van der Waals surface area contributed by atoms with Gasteiger partial charge in [-0.2, -0.15) is 0 Å². The van der Waals surface area contributed by atoms with Crippen LogP contribution in [-0.4, -0.2) is 120 Å². The minimum atomic E-state index is -1.48. The standard InChI is InChI=1S/C29H47N3O7S/c1-17(2)12-18-6-9-37-24-20(13-18)14-30-22(24)27(34)31-21-5-3-4-19(15-32-7-10-36-11-8-32)16-40-28-29(35)26(39-29)23(33)25(21)38-28/h3-4,17-26,28,30,33,35H,5-16H2,1-2H3,(H,31,34)/b4-3-/t18-,19?,20-,21+,22-,23?,24+,25?,26?,28?,29?/m0/s1. The number of rotatable bonds is 6. The fourth-order valence-corrected chi connectivity index (χ4v) is 8.66. The Morgan fingerprint density at radius 3 is 2.88 bits per heavy atom. The topological polar surface area (TPSA) is 125 Å². The second-order valence-electron chi connectivity index (χ2n) is 13.0. The van der Waals surface area contributed by atoms with Crippen LogP contribution in [0.15, 0.2) is 12.2 Å². The van der Waals surface area contributed by atoms with E-state index in [4.69, 9.17) is 18.9 Å². The molecule has 0 radical (unpaired) electrons. The van der Waals surface area contributed by atoms with E-state index in [0.29, 0.717) is 30.8 Å². The van der Waals surface area contributed by atoms with Gasteiger partial charge in [-0.25, -0.2) is 0 Å². The molecule has 40 heavy (non-hydrogen) atoms. The predicted molar refractivity (Wildman–Crippen MR) is 151 cm³/mol. The first-order chi connectivity index (χ1) is 19.3. The molecule has 0 aromatic heterocycles. The number of epoxide rings is 1. The summed E-state index contributed by atoms with van der Waals surface area (Å²) in [5, 5.41) is 28.7. The number of fused-ring (bicyclic) bond motifs is 5. The summed E-state index contributed by atoms with van der Waals surface area (Å²) >= 11 is 1.53. The van der Waals surface area contributed by atoms with Gasteiger partial charge in [0.1, 0.15) is 24.4 Å². The van der Waals surface area contributed by atoms with Gasteiger partial charge in [-0.3, -0.25) is 9.69 Å². The van der Waals surface area contributed by atoms with Gasteiger partial charge in [0.15, 0.2) is 5.44 Å². The zero-order valence-electron chi connectivity index (χ0n) is 23.8. The quantitative estimate of drug-likeness (QED) is 0.263. The Morgan fingerprint density at radius 2 is 2.08 bits per heavy atom. The molecule has 2 bridgehead atoms. The van der Waals surface area contributed by atoms with Gasteiger partial charge in [0.2, 0.25) is 11.7 Å². The van der Waals surface area contributed by atoms with Gasteiger partial charge in [0, 0.05) is 38.5 Å². The maximum atomic E-state index is 13.7. The molecule has 11 heteroatoms. The minimum Gasteiger partial charge on any atom is -0.387 e. The lowest BCUT2D eigenvalue weighted by atomic mass is 9.85. The van der Waals surface area contributed by atoms with Gasteiger partial charge in [0.25, 0.3) is 0 Å². The second kappa shape index (κ2) is 12.5. The maximum Gasteiger partial charge on any atom is 0.240 e. The molecule has 0 aliphatic carbocycles. The Kier molecular flexibility index (Phi) is 9.13. The number of carbonyl (C=O) groups is 1. The molecular weight excluding hydrogens is 534 g/mol. The van der Waals surface area contributed by atoms with Gasteiger partial charge in [0.05, 0.1) is 25.4 Å². The van der Waals surface area contributed by atoms with Crippen LogP contribution in [0, 0.1) is 23.7 Å². The summed E-state index contributed by atoms with van der Waals surface area (Å²) in [5.74, 6) is 1.02. The van der Waals surface area contributed by atoms with Crippen molar-refractivity contribution in [1.29, 1.82) is 0 Å². The first kappa shape index (κ1) is 29.3. The third kappa shape index (κ3) is 6.28. The SMILES string of the molecule is CC(C)C[C@@H]1CCO[C@@H]2[C@H](CN[C@@H]2C(=O)N[C@@H]2C/C=C\C(CN3CCOCC3)CSC3OC2C(O)C2OC32O)C1. The van der Waals surface area contributed by atoms with Crippen molar-refractivity contribution in [3.8, 4) is 0 Å². The number of hydrogen-bond donors (Lipinski definition) is 4. The van der Waals surface area contributed by atoms with Crippen molar-refractivity contribution in [3.63, 3.8) is 0 Å². The van der Waals surface area contributed by atoms with Gasteiger partial charge < -0.3 is 39.8 Å². The van der Waals surface area contributed by atoms with Crippen LogP contribution < -0.4 is 10.6 Å². The van der Waals surface area contributed by atoms with Crippen molar-refractivity contribution < 1.29 is 34.0 Å². The third-order valence-corrected chi connectivity index (χ3v) is 10.8. The molecule has 5 fully saturated rings. The van der Waals surface area contributed by atoms with Crippen LogP contribution in [0.1, 0.15) is 39.5 Å². The highest BCUT2D eigenvalue weighted by atomic mass is 32.2. The van der Waals surface area contributed by atoms with E-state index in [0.717, 1.165) is 58.0 Å². The number of thioether (sulfide) groups is 1. The number of nitrogens with one attached hydrogen (secondary N) is 2. The number of carbonyl (C=O) groups excluding carboxylic acids is 1. The van der Waals surface area contributed by atoms with Gasteiger partial charge in [-0.05, 0) is 49.4 Å². The van der Waals surface area contributed by atoms with Crippen molar-refractivity contribution in [2.45, 2.75) is 87.3 Å². The van der Waals surface area contributed by atoms with Crippen LogP contribution in [0.3, 0.4) is 0 Å². The summed E-state index contributed by atoms with van der Waals surface area (Å²) in [6, 6.07) is -0.894. The highest BCUT2D eigenvalue weighted by Gasteiger charge is 2.70. The largest absolute Gasteiger partial charge is 0.387 e. The van der Waals surface area contributed by atoms with Crippen molar-refractivity contribution in [2.75, 3.05) is 51.8 Å². The number of morpholine rings is 1. The summed E-state index contributed by atoms with van der Waals surface area (Å²) in [6.45, 7) is 10.2. The van der Waals surface area contributed by atoms with Crippen LogP contribution >= 0.6 is 11.8 Å². The zero-order valence-corrected chi connectivity index (χ0v) is 24.6. The first-order valence-corrected chi connectivity index (χ1v) is 16.3. The molecule has 226 valence electrons. The van der Waals surface area contributed by atoms with Crippen molar-refractivity contribution in [3.05, 3.63) is 12.2 Å². The molecule has 6 heterocycles. The van der Waals surface area contributed by atoms with Crippen LogP contribution in [0.25, 0.3) is 0 Å². The zero-order chi connectivity index (χ0) is 27.9. The van der Waals surface area contributed by atoms with E-state index in [1.807, 2.05) is 0 Å². The molecule has 1 amide bonds. The molecule has 11 atom stereocenters. The smallest absolute Gasteiger partial charge is 0.240 e. The summed E-state index contributed by atoms with van der Waals surface area (Å²) in [5.41, 5.74) is -0.624. The molecule has 4 N–H and O–H groups in total. The van der Waals surface area contributed by atoms with Gasteiger partial charge in [-0.1, -0.05) is 26.0 Å². The Morgan fingerprint density at radius 1 is 1.25 bits per heavy atom. The van der Waals surface area contributed by atoms with Crippen LogP contribution in [0.5, 0.6) is 0 Å². The number of aliphatic hydroxyl groups is 2. The van der Waals surface area contributed by atoms with Crippen LogP contribution in [-0.2, 0) is 23.7 Å². The summed E-state index contributed by atoms with van der Waals surface area (Å²) in [4.78, 5) is 16.1. The predicted octanol–water partition coefficient (Wildman–Crippen LogP) is 0.715. The summed E-state index contributed by atoms with van der Waals surface area (Å²) < 4.78 is 23.7. The van der Waals surface area contributed by atoms with E-state index in [9.17, 15) is 15.0 Å². The second-order valence-corrected chi connectivity index (χ2v) is 14.1. The molecule has 0 aromatic carbocycles.